The van der Waals surface area contributed by atoms with Crippen molar-refractivity contribution in [3.8, 4) is 0 Å². The standard InChI is InChI=1S/C10H7NO3.C9H6O2/c12-9-7(10(13)14)5-6-3-1-2-4-8(6)11-9;10-9-6-5-7-3-1-2-4-8(7)11-9/h1-5H,(H,11,12)(H,13,14);1-6H. The monoisotopic (exact) mass is 335 g/mol. The molecule has 2 aromatic carbocycles. The number of hydrogen-bond donors (Lipinski definition) is 2. The molecule has 124 valence electrons. The summed E-state index contributed by atoms with van der Waals surface area (Å²) in [6.45, 7) is 0. The molecule has 2 aromatic heterocycles. The first kappa shape index (κ1) is 16.2. The molecule has 0 aliphatic carbocycles. The van der Waals surface area contributed by atoms with Crippen molar-refractivity contribution in [2.45, 2.75) is 0 Å². The Balaban J connectivity index is 0.000000150. The van der Waals surface area contributed by atoms with E-state index in [-0.39, 0.29) is 11.2 Å². The van der Waals surface area contributed by atoms with E-state index in [4.69, 9.17) is 9.52 Å². The molecule has 0 radical (unpaired) electrons. The maximum absolute atomic E-state index is 11.2. The highest BCUT2D eigenvalue weighted by molar-refractivity contribution is 5.92. The van der Waals surface area contributed by atoms with Gasteiger partial charge in [-0.1, -0.05) is 36.4 Å². The second-order valence-corrected chi connectivity index (χ2v) is 5.20. The molecule has 0 aliphatic rings. The number of fused-ring (bicyclic) bond motifs is 2. The molecule has 0 atom stereocenters. The third kappa shape index (κ3) is 3.64. The lowest BCUT2D eigenvalue weighted by atomic mass is 10.1. The molecule has 6 heteroatoms. The summed E-state index contributed by atoms with van der Waals surface area (Å²) in [5, 5.41) is 10.4. The van der Waals surface area contributed by atoms with Crippen LogP contribution in [0.4, 0.5) is 0 Å². The van der Waals surface area contributed by atoms with Crippen molar-refractivity contribution in [2.75, 3.05) is 0 Å². The van der Waals surface area contributed by atoms with Crippen LogP contribution in [-0.4, -0.2) is 16.1 Å². The third-order valence-electron chi connectivity index (χ3n) is 3.51. The summed E-state index contributed by atoms with van der Waals surface area (Å²) in [6.07, 6.45) is 0. The Labute approximate surface area is 141 Å². The molecule has 4 aromatic rings. The molecule has 0 saturated heterocycles. The molecule has 0 aliphatic heterocycles. The van der Waals surface area contributed by atoms with Gasteiger partial charge in [0.15, 0.2) is 0 Å². The number of rotatable bonds is 1. The lowest BCUT2D eigenvalue weighted by molar-refractivity contribution is 0.0695. The molecule has 4 rings (SSSR count). The zero-order chi connectivity index (χ0) is 17.8. The van der Waals surface area contributed by atoms with Gasteiger partial charge in [-0.25, -0.2) is 9.59 Å². The number of benzene rings is 2. The summed E-state index contributed by atoms with van der Waals surface area (Å²) in [7, 11) is 0. The fourth-order valence-electron chi connectivity index (χ4n) is 2.32. The first-order valence-electron chi connectivity index (χ1n) is 7.39. The third-order valence-corrected chi connectivity index (χ3v) is 3.51. The van der Waals surface area contributed by atoms with Crippen LogP contribution in [0.5, 0.6) is 0 Å². The number of H-pyrrole nitrogens is 1. The molecule has 0 amide bonds. The second kappa shape index (κ2) is 6.84. The molecule has 0 saturated carbocycles. The molecule has 2 heterocycles. The lowest BCUT2D eigenvalue weighted by Crippen LogP contribution is -2.16. The van der Waals surface area contributed by atoms with Crippen molar-refractivity contribution in [3.05, 3.63) is 93.1 Å². The number of pyridine rings is 1. The number of carboxylic acids is 1. The number of aromatic amines is 1. The molecule has 6 nitrogen and oxygen atoms in total. The van der Waals surface area contributed by atoms with Crippen LogP contribution in [-0.2, 0) is 0 Å². The fourth-order valence-corrected chi connectivity index (χ4v) is 2.32. The van der Waals surface area contributed by atoms with Crippen LogP contribution in [0.2, 0.25) is 0 Å². The van der Waals surface area contributed by atoms with Crippen molar-refractivity contribution < 1.29 is 14.3 Å². The first-order chi connectivity index (χ1) is 12.0. The Morgan fingerprint density at radius 3 is 2.32 bits per heavy atom. The summed E-state index contributed by atoms with van der Waals surface area (Å²) in [4.78, 5) is 35.1. The van der Waals surface area contributed by atoms with Gasteiger partial charge in [-0.05, 0) is 29.7 Å². The van der Waals surface area contributed by atoms with E-state index < -0.39 is 11.5 Å². The van der Waals surface area contributed by atoms with Crippen LogP contribution >= 0.6 is 0 Å². The van der Waals surface area contributed by atoms with Crippen molar-refractivity contribution in [3.63, 3.8) is 0 Å². The summed E-state index contributed by atoms with van der Waals surface area (Å²) in [6, 6.07) is 19.0. The second-order valence-electron chi connectivity index (χ2n) is 5.20. The maximum Gasteiger partial charge on any atom is 0.341 e. The van der Waals surface area contributed by atoms with Gasteiger partial charge in [0.25, 0.3) is 5.56 Å². The highest BCUT2D eigenvalue weighted by atomic mass is 16.4. The van der Waals surface area contributed by atoms with Crippen molar-refractivity contribution in [1.29, 1.82) is 0 Å². The first-order valence-corrected chi connectivity index (χ1v) is 7.39. The summed E-state index contributed by atoms with van der Waals surface area (Å²) in [5.41, 5.74) is 0.172. The highest BCUT2D eigenvalue weighted by Gasteiger charge is 2.08. The fraction of sp³-hybridized carbons (Fsp3) is 0. The number of para-hydroxylation sites is 2. The highest BCUT2D eigenvalue weighted by Crippen LogP contribution is 2.10. The van der Waals surface area contributed by atoms with Gasteiger partial charge in [0, 0.05) is 17.0 Å². The smallest absolute Gasteiger partial charge is 0.341 e. The minimum absolute atomic E-state index is 0.233. The van der Waals surface area contributed by atoms with Crippen LogP contribution in [0, 0.1) is 0 Å². The van der Waals surface area contributed by atoms with Gasteiger partial charge in [-0.3, -0.25) is 4.79 Å². The molecule has 0 bridgehead atoms. The summed E-state index contributed by atoms with van der Waals surface area (Å²) < 4.78 is 4.91. The van der Waals surface area contributed by atoms with Crippen LogP contribution in [0.3, 0.4) is 0 Å². The van der Waals surface area contributed by atoms with Crippen LogP contribution in [0.25, 0.3) is 21.9 Å². The van der Waals surface area contributed by atoms with E-state index in [0.29, 0.717) is 16.5 Å². The Hall–Kier alpha value is -3.67. The summed E-state index contributed by atoms with van der Waals surface area (Å²) in [5.74, 6) is -1.21. The number of aromatic nitrogens is 1. The zero-order valence-electron chi connectivity index (χ0n) is 12.9. The number of carbonyl (C=O) groups is 1. The average Bonchev–Trinajstić information content (AvgIpc) is 2.61. The van der Waals surface area contributed by atoms with Crippen LogP contribution in [0.15, 0.2) is 80.7 Å². The Bertz CT molecular complexity index is 1170. The predicted molar refractivity (Wildman–Crippen MR) is 94.0 cm³/mol. The normalized spacial score (nSPS) is 10.2. The molecule has 0 fully saturated rings. The molecular weight excluding hydrogens is 322 g/mol. The predicted octanol–water partition coefficient (Wildman–Crippen LogP) is 3.02. The Kier molecular flexibility index (Phi) is 4.43. The van der Waals surface area contributed by atoms with E-state index in [0.717, 1.165) is 5.39 Å². The van der Waals surface area contributed by atoms with Gasteiger partial charge in [0.05, 0.1) is 0 Å². The van der Waals surface area contributed by atoms with Crippen LogP contribution in [0.1, 0.15) is 10.4 Å². The van der Waals surface area contributed by atoms with Crippen molar-refractivity contribution in [2.24, 2.45) is 0 Å². The average molecular weight is 335 g/mol. The number of carboxylic acid groups (broad SMARTS) is 1. The largest absolute Gasteiger partial charge is 0.477 e. The SMILES string of the molecule is O=C(O)c1cc2ccccc2[nH]c1=O.O=c1ccc2ccccc2o1. The van der Waals surface area contributed by atoms with Crippen LogP contribution < -0.4 is 11.2 Å². The maximum atomic E-state index is 11.2. The summed E-state index contributed by atoms with van der Waals surface area (Å²) >= 11 is 0. The van der Waals surface area contributed by atoms with Gasteiger partial charge in [0.1, 0.15) is 11.1 Å². The zero-order valence-corrected chi connectivity index (χ0v) is 12.9. The van der Waals surface area contributed by atoms with Gasteiger partial charge in [-0.15, -0.1) is 0 Å². The molecule has 25 heavy (non-hydrogen) atoms. The van der Waals surface area contributed by atoms with Crippen molar-refractivity contribution >= 4 is 27.8 Å². The van der Waals surface area contributed by atoms with E-state index in [1.54, 1.807) is 36.4 Å². The minimum atomic E-state index is -1.21. The number of nitrogens with one attached hydrogen (secondary N) is 1. The quantitative estimate of drug-likeness (QED) is 0.521. The number of aromatic carboxylic acids is 1. The van der Waals surface area contributed by atoms with E-state index in [1.807, 2.05) is 18.2 Å². The molecule has 0 spiro atoms. The van der Waals surface area contributed by atoms with E-state index >= 15 is 0 Å². The molecule has 2 N–H and O–H groups in total. The Morgan fingerprint density at radius 1 is 0.880 bits per heavy atom. The molecular formula is C19H13NO5. The van der Waals surface area contributed by atoms with Gasteiger partial charge in [-0.2, -0.15) is 0 Å². The van der Waals surface area contributed by atoms with Gasteiger partial charge < -0.3 is 14.5 Å². The van der Waals surface area contributed by atoms with E-state index in [1.165, 1.54) is 12.1 Å². The number of hydrogen-bond acceptors (Lipinski definition) is 4. The minimum Gasteiger partial charge on any atom is -0.477 e. The molecule has 0 unspecified atom stereocenters. The van der Waals surface area contributed by atoms with E-state index in [2.05, 4.69) is 4.98 Å². The Morgan fingerprint density at radius 2 is 1.56 bits per heavy atom. The van der Waals surface area contributed by atoms with Gasteiger partial charge in [0.2, 0.25) is 0 Å². The van der Waals surface area contributed by atoms with Gasteiger partial charge >= 0.3 is 11.6 Å². The lowest BCUT2D eigenvalue weighted by Gasteiger charge is -1.98. The van der Waals surface area contributed by atoms with E-state index in [9.17, 15) is 14.4 Å². The van der Waals surface area contributed by atoms with Crippen molar-refractivity contribution in [1.82, 2.24) is 4.98 Å². The topological polar surface area (TPSA) is 100 Å².